The van der Waals surface area contributed by atoms with Gasteiger partial charge in [0.25, 0.3) is 0 Å². The van der Waals surface area contributed by atoms with Crippen LogP contribution in [0.5, 0.6) is 0 Å². The second kappa shape index (κ2) is 6.23. The maximum Gasteiger partial charge on any atom is 0.0516 e. The molecular weight excluding hydrogens is 224 g/mol. The standard InChI is InChI=1S/C14H18N4/c1-15-13(11-3-7-17-8-4-11)14(16-2)12-5-9-18-10-6-12/h3-10,13-16H,1-2H3/t13-,14-/m0/s1. The van der Waals surface area contributed by atoms with Crippen molar-refractivity contribution in [3.63, 3.8) is 0 Å². The van der Waals surface area contributed by atoms with Gasteiger partial charge in [-0.1, -0.05) is 0 Å². The first-order chi connectivity index (χ1) is 8.86. The summed E-state index contributed by atoms with van der Waals surface area (Å²) in [5.74, 6) is 0. The molecule has 0 fully saturated rings. The second-order valence-electron chi connectivity index (χ2n) is 4.09. The van der Waals surface area contributed by atoms with Gasteiger partial charge in [0.05, 0.1) is 12.1 Å². The van der Waals surface area contributed by atoms with Crippen molar-refractivity contribution in [1.82, 2.24) is 20.6 Å². The molecule has 94 valence electrons. The average molecular weight is 242 g/mol. The molecule has 0 saturated carbocycles. The lowest BCUT2D eigenvalue weighted by atomic mass is 9.95. The van der Waals surface area contributed by atoms with E-state index in [1.54, 1.807) is 0 Å². The van der Waals surface area contributed by atoms with Crippen molar-refractivity contribution < 1.29 is 0 Å². The first-order valence-corrected chi connectivity index (χ1v) is 6.01. The van der Waals surface area contributed by atoms with Gasteiger partial charge in [-0.3, -0.25) is 9.97 Å². The molecule has 4 nitrogen and oxygen atoms in total. The maximum atomic E-state index is 4.06. The molecular formula is C14H18N4. The van der Waals surface area contributed by atoms with Gasteiger partial charge in [0, 0.05) is 24.8 Å². The fraction of sp³-hybridized carbons (Fsp3) is 0.286. The van der Waals surface area contributed by atoms with Crippen molar-refractivity contribution in [3.05, 3.63) is 60.2 Å². The molecule has 0 aliphatic rings. The second-order valence-corrected chi connectivity index (χ2v) is 4.09. The fourth-order valence-corrected chi connectivity index (χ4v) is 2.19. The Kier molecular flexibility index (Phi) is 4.39. The minimum Gasteiger partial charge on any atom is -0.311 e. The minimum atomic E-state index is 0.195. The number of nitrogens with one attached hydrogen (secondary N) is 2. The smallest absolute Gasteiger partial charge is 0.0516 e. The first kappa shape index (κ1) is 12.7. The zero-order valence-electron chi connectivity index (χ0n) is 10.7. The summed E-state index contributed by atoms with van der Waals surface area (Å²) >= 11 is 0. The van der Waals surface area contributed by atoms with E-state index < -0.39 is 0 Å². The molecule has 2 N–H and O–H groups in total. The summed E-state index contributed by atoms with van der Waals surface area (Å²) in [7, 11) is 3.94. The van der Waals surface area contributed by atoms with E-state index >= 15 is 0 Å². The van der Waals surface area contributed by atoms with E-state index in [4.69, 9.17) is 0 Å². The van der Waals surface area contributed by atoms with Gasteiger partial charge in [-0.2, -0.15) is 0 Å². The van der Waals surface area contributed by atoms with Gasteiger partial charge in [-0.25, -0.2) is 0 Å². The van der Waals surface area contributed by atoms with Gasteiger partial charge in [0.15, 0.2) is 0 Å². The number of rotatable bonds is 5. The lowest BCUT2D eigenvalue weighted by Crippen LogP contribution is -2.31. The lowest BCUT2D eigenvalue weighted by molar-refractivity contribution is 0.432. The molecule has 2 rings (SSSR count). The molecule has 0 radical (unpaired) electrons. The third kappa shape index (κ3) is 2.72. The molecule has 18 heavy (non-hydrogen) atoms. The molecule has 0 saturated heterocycles. The molecule has 0 aliphatic heterocycles. The number of hydrogen-bond donors (Lipinski definition) is 2. The Hall–Kier alpha value is -1.78. The third-order valence-electron chi connectivity index (χ3n) is 3.09. The summed E-state index contributed by atoms with van der Waals surface area (Å²) in [6.07, 6.45) is 7.27. The van der Waals surface area contributed by atoms with Gasteiger partial charge >= 0.3 is 0 Å². The Morgan fingerprint density at radius 2 is 1.06 bits per heavy atom. The predicted molar refractivity (Wildman–Crippen MR) is 72.1 cm³/mol. The van der Waals surface area contributed by atoms with Crippen molar-refractivity contribution in [2.75, 3.05) is 14.1 Å². The van der Waals surface area contributed by atoms with E-state index in [1.165, 1.54) is 11.1 Å². The summed E-state index contributed by atoms with van der Waals surface area (Å²) in [6, 6.07) is 8.53. The normalized spacial score (nSPS) is 14.1. The summed E-state index contributed by atoms with van der Waals surface area (Å²) < 4.78 is 0. The van der Waals surface area contributed by atoms with Crippen LogP contribution in [0.15, 0.2) is 49.1 Å². The van der Waals surface area contributed by atoms with Crippen molar-refractivity contribution in [2.45, 2.75) is 12.1 Å². The third-order valence-corrected chi connectivity index (χ3v) is 3.09. The molecule has 0 unspecified atom stereocenters. The van der Waals surface area contributed by atoms with Crippen molar-refractivity contribution in [1.29, 1.82) is 0 Å². The molecule has 4 heteroatoms. The molecule has 0 aromatic carbocycles. The van der Waals surface area contributed by atoms with Crippen LogP contribution in [0.1, 0.15) is 23.2 Å². The maximum absolute atomic E-state index is 4.06. The summed E-state index contributed by atoms with van der Waals surface area (Å²) in [6.45, 7) is 0. The van der Waals surface area contributed by atoms with Gasteiger partial charge in [0.2, 0.25) is 0 Å². The van der Waals surface area contributed by atoms with E-state index in [0.29, 0.717) is 0 Å². The van der Waals surface area contributed by atoms with E-state index in [2.05, 4.69) is 20.6 Å². The lowest BCUT2D eigenvalue weighted by Gasteiger charge is -2.27. The number of pyridine rings is 2. The van der Waals surface area contributed by atoms with Crippen molar-refractivity contribution in [3.8, 4) is 0 Å². The minimum absolute atomic E-state index is 0.195. The number of nitrogens with zero attached hydrogens (tertiary/aromatic N) is 2. The SMILES string of the molecule is CN[C@@H](c1ccncc1)[C@@H](NC)c1ccncc1. The van der Waals surface area contributed by atoms with Crippen LogP contribution in [0, 0.1) is 0 Å². The number of aromatic nitrogens is 2. The zero-order chi connectivity index (χ0) is 12.8. The molecule has 0 amide bonds. The highest BCUT2D eigenvalue weighted by Gasteiger charge is 2.21. The molecule has 2 atom stereocenters. The Morgan fingerprint density at radius 3 is 1.33 bits per heavy atom. The van der Waals surface area contributed by atoms with Crippen LogP contribution in [-0.2, 0) is 0 Å². The summed E-state index contributed by atoms with van der Waals surface area (Å²) in [4.78, 5) is 8.12. The Morgan fingerprint density at radius 1 is 0.722 bits per heavy atom. The molecule has 0 spiro atoms. The van der Waals surface area contributed by atoms with E-state index in [9.17, 15) is 0 Å². The monoisotopic (exact) mass is 242 g/mol. The van der Waals surface area contributed by atoms with Gasteiger partial charge in [0.1, 0.15) is 0 Å². The predicted octanol–water partition coefficient (Wildman–Crippen LogP) is 1.70. The van der Waals surface area contributed by atoms with Crippen LogP contribution in [0.2, 0.25) is 0 Å². The zero-order valence-corrected chi connectivity index (χ0v) is 10.7. The molecule has 0 aliphatic carbocycles. The Balaban J connectivity index is 2.31. The summed E-state index contributed by atoms with van der Waals surface area (Å²) in [5, 5.41) is 6.71. The average Bonchev–Trinajstić information content (AvgIpc) is 2.46. The number of hydrogen-bond acceptors (Lipinski definition) is 4. The fourth-order valence-electron chi connectivity index (χ4n) is 2.19. The van der Waals surface area contributed by atoms with Gasteiger partial charge < -0.3 is 10.6 Å². The Labute approximate surface area is 107 Å². The highest BCUT2D eigenvalue weighted by molar-refractivity contribution is 5.24. The van der Waals surface area contributed by atoms with Crippen molar-refractivity contribution in [2.24, 2.45) is 0 Å². The number of likely N-dealkylation sites (N-methyl/N-ethyl adjacent to an activating group) is 2. The Bertz CT molecular complexity index is 412. The van der Waals surface area contributed by atoms with E-state index in [-0.39, 0.29) is 12.1 Å². The van der Waals surface area contributed by atoms with E-state index in [1.807, 2.05) is 63.1 Å². The molecule has 2 heterocycles. The highest BCUT2D eigenvalue weighted by atomic mass is 15.0. The quantitative estimate of drug-likeness (QED) is 0.838. The van der Waals surface area contributed by atoms with E-state index in [0.717, 1.165) is 0 Å². The van der Waals surface area contributed by atoms with Gasteiger partial charge in [-0.15, -0.1) is 0 Å². The van der Waals surface area contributed by atoms with Crippen LogP contribution in [0.4, 0.5) is 0 Å². The van der Waals surface area contributed by atoms with Gasteiger partial charge in [-0.05, 0) is 49.5 Å². The highest BCUT2D eigenvalue weighted by Crippen LogP contribution is 2.27. The van der Waals surface area contributed by atoms with Crippen molar-refractivity contribution >= 4 is 0 Å². The first-order valence-electron chi connectivity index (χ1n) is 6.01. The van der Waals surface area contributed by atoms with Crippen LogP contribution >= 0.6 is 0 Å². The molecule has 0 bridgehead atoms. The topological polar surface area (TPSA) is 49.8 Å². The van der Waals surface area contributed by atoms with Crippen LogP contribution in [0.3, 0.4) is 0 Å². The van der Waals surface area contributed by atoms with Crippen LogP contribution < -0.4 is 10.6 Å². The molecule has 2 aromatic rings. The largest absolute Gasteiger partial charge is 0.311 e. The van der Waals surface area contributed by atoms with Crippen LogP contribution in [-0.4, -0.2) is 24.1 Å². The molecule has 2 aromatic heterocycles. The van der Waals surface area contributed by atoms with Crippen LogP contribution in [0.25, 0.3) is 0 Å². The summed E-state index contributed by atoms with van der Waals surface area (Å²) in [5.41, 5.74) is 2.42.